The predicted molar refractivity (Wildman–Crippen MR) is 128 cm³/mol. The first-order chi connectivity index (χ1) is 15.4. The molecule has 3 rings (SSSR count). The van der Waals surface area contributed by atoms with Gasteiger partial charge in [0.2, 0.25) is 5.91 Å². The molecule has 1 aromatic heterocycles. The Kier molecular flexibility index (Phi) is 7.83. The van der Waals surface area contributed by atoms with E-state index in [0.717, 1.165) is 22.4 Å². The number of allylic oxidation sites excluding steroid dienone is 1. The Bertz CT molecular complexity index is 1140. The van der Waals surface area contributed by atoms with Crippen LogP contribution in [0, 0.1) is 20.8 Å². The molecule has 0 aliphatic heterocycles. The van der Waals surface area contributed by atoms with Crippen LogP contribution in [0.15, 0.2) is 60.3 Å². The van der Waals surface area contributed by atoms with E-state index in [4.69, 9.17) is 0 Å². The van der Waals surface area contributed by atoms with Gasteiger partial charge in [0, 0.05) is 17.8 Å². The van der Waals surface area contributed by atoms with Crippen LogP contribution in [0.5, 0.6) is 0 Å². The van der Waals surface area contributed by atoms with Gasteiger partial charge >= 0.3 is 0 Å². The van der Waals surface area contributed by atoms with Crippen molar-refractivity contribution in [2.45, 2.75) is 39.0 Å². The lowest BCUT2D eigenvalue weighted by Crippen LogP contribution is -2.25. The Labute approximate surface area is 192 Å². The number of amides is 2. The van der Waals surface area contributed by atoms with Gasteiger partial charge in [-0.2, -0.15) is 0 Å². The fourth-order valence-electron chi connectivity index (χ4n) is 3.22. The number of aromatic nitrogens is 3. The number of aryl methyl sites for hydroxylation is 3. The Balaban J connectivity index is 1.62. The number of benzene rings is 2. The van der Waals surface area contributed by atoms with Crippen molar-refractivity contribution in [3.8, 4) is 0 Å². The summed E-state index contributed by atoms with van der Waals surface area (Å²) in [5.41, 5.74) is 4.50. The summed E-state index contributed by atoms with van der Waals surface area (Å²) in [4.78, 5) is 24.9. The summed E-state index contributed by atoms with van der Waals surface area (Å²) in [5, 5.41) is 14.8. The van der Waals surface area contributed by atoms with Crippen LogP contribution in [0.25, 0.3) is 0 Å². The zero-order valence-electron chi connectivity index (χ0n) is 18.5. The van der Waals surface area contributed by atoms with Gasteiger partial charge in [0.15, 0.2) is 11.0 Å². The van der Waals surface area contributed by atoms with Gasteiger partial charge < -0.3 is 15.2 Å². The number of nitrogens with zero attached hydrogens (tertiary/aromatic N) is 3. The van der Waals surface area contributed by atoms with E-state index >= 15 is 0 Å². The van der Waals surface area contributed by atoms with E-state index in [-0.39, 0.29) is 24.1 Å². The van der Waals surface area contributed by atoms with Crippen molar-refractivity contribution in [3.05, 3.63) is 83.2 Å². The van der Waals surface area contributed by atoms with E-state index < -0.39 is 0 Å². The first-order valence-electron chi connectivity index (χ1n) is 10.3. The molecule has 3 aromatic rings. The molecule has 0 spiro atoms. The van der Waals surface area contributed by atoms with Crippen molar-refractivity contribution in [1.82, 2.24) is 20.1 Å². The second kappa shape index (κ2) is 10.8. The highest BCUT2D eigenvalue weighted by atomic mass is 32.2. The largest absolute Gasteiger partial charge is 0.345 e. The number of carbonyl (C=O) groups is 2. The molecule has 0 fully saturated rings. The van der Waals surface area contributed by atoms with Crippen molar-refractivity contribution in [2.75, 3.05) is 11.1 Å². The fraction of sp³-hybridized carbons (Fsp3) is 0.250. The van der Waals surface area contributed by atoms with Crippen molar-refractivity contribution in [1.29, 1.82) is 0 Å². The van der Waals surface area contributed by atoms with Crippen LogP contribution in [0.3, 0.4) is 0 Å². The molecule has 2 aromatic carbocycles. The van der Waals surface area contributed by atoms with Gasteiger partial charge in [0.1, 0.15) is 0 Å². The maximum atomic E-state index is 12.5. The average molecular weight is 450 g/mol. The van der Waals surface area contributed by atoms with E-state index in [0.29, 0.717) is 23.1 Å². The maximum absolute atomic E-state index is 12.5. The second-order valence-corrected chi connectivity index (χ2v) is 8.39. The lowest BCUT2D eigenvalue weighted by atomic mass is 10.1. The third kappa shape index (κ3) is 5.85. The molecule has 0 saturated carbocycles. The van der Waals surface area contributed by atoms with Crippen molar-refractivity contribution < 1.29 is 9.59 Å². The Morgan fingerprint density at radius 2 is 1.88 bits per heavy atom. The van der Waals surface area contributed by atoms with Crippen LogP contribution in [0.4, 0.5) is 5.69 Å². The Morgan fingerprint density at radius 3 is 2.59 bits per heavy atom. The monoisotopic (exact) mass is 449 g/mol. The summed E-state index contributed by atoms with van der Waals surface area (Å²) in [7, 11) is 0. The number of anilines is 1. The average Bonchev–Trinajstić information content (AvgIpc) is 3.15. The molecule has 166 valence electrons. The smallest absolute Gasteiger partial charge is 0.251 e. The number of nitrogens with one attached hydrogen (secondary N) is 2. The molecule has 7 nitrogen and oxygen atoms in total. The number of thioether (sulfide) groups is 1. The Morgan fingerprint density at radius 1 is 1.09 bits per heavy atom. The molecule has 2 N–H and O–H groups in total. The molecule has 0 aliphatic carbocycles. The second-order valence-electron chi connectivity index (χ2n) is 7.45. The zero-order valence-corrected chi connectivity index (χ0v) is 19.3. The number of carbonyl (C=O) groups excluding carboxylic acids is 2. The summed E-state index contributed by atoms with van der Waals surface area (Å²) in [6, 6.07) is 13.3. The van der Waals surface area contributed by atoms with Crippen LogP contribution < -0.4 is 10.6 Å². The molecule has 0 radical (unpaired) electrons. The van der Waals surface area contributed by atoms with Gasteiger partial charge in [-0.15, -0.1) is 16.8 Å². The van der Waals surface area contributed by atoms with E-state index in [1.165, 1.54) is 11.8 Å². The van der Waals surface area contributed by atoms with Crippen LogP contribution in [0.1, 0.15) is 32.9 Å². The van der Waals surface area contributed by atoms with Crippen LogP contribution >= 0.6 is 11.8 Å². The van der Waals surface area contributed by atoms with Crippen LogP contribution in [-0.4, -0.2) is 32.3 Å². The molecule has 8 heteroatoms. The van der Waals surface area contributed by atoms with Crippen molar-refractivity contribution >= 4 is 29.3 Å². The van der Waals surface area contributed by atoms with E-state index in [2.05, 4.69) is 27.4 Å². The van der Waals surface area contributed by atoms with Gasteiger partial charge in [0.25, 0.3) is 5.91 Å². The number of hydrogen-bond donors (Lipinski definition) is 2. The molecule has 0 saturated heterocycles. The molecule has 32 heavy (non-hydrogen) atoms. The molecule has 0 atom stereocenters. The van der Waals surface area contributed by atoms with Crippen molar-refractivity contribution in [3.63, 3.8) is 0 Å². The SMILES string of the molecule is C=CCn1c(CNC(=O)c2ccccc2C)nnc1SCC(=O)Nc1ccc(C)cc1C. The first kappa shape index (κ1) is 23.3. The number of hydrogen-bond acceptors (Lipinski definition) is 5. The minimum absolute atomic E-state index is 0.121. The minimum atomic E-state index is -0.168. The van der Waals surface area contributed by atoms with Gasteiger partial charge in [-0.05, 0) is 44.0 Å². The molecular weight excluding hydrogens is 422 g/mol. The highest BCUT2D eigenvalue weighted by Crippen LogP contribution is 2.20. The van der Waals surface area contributed by atoms with Crippen molar-refractivity contribution in [2.24, 2.45) is 0 Å². The minimum Gasteiger partial charge on any atom is -0.345 e. The van der Waals surface area contributed by atoms with Gasteiger partial charge in [-0.3, -0.25) is 9.59 Å². The molecule has 0 unspecified atom stereocenters. The zero-order chi connectivity index (χ0) is 23.1. The first-order valence-corrected chi connectivity index (χ1v) is 11.2. The topological polar surface area (TPSA) is 88.9 Å². The fourth-order valence-corrected chi connectivity index (χ4v) is 3.99. The third-order valence-electron chi connectivity index (χ3n) is 4.89. The molecular formula is C24H27N5O2S. The standard InChI is InChI=1S/C24H27N5O2S/c1-5-12-29-21(14-25-23(31)19-9-7-6-8-17(19)3)27-28-24(29)32-15-22(30)26-20-11-10-16(2)13-18(20)4/h5-11,13H,1,12,14-15H2,2-4H3,(H,25,31)(H,26,30). The third-order valence-corrected chi connectivity index (χ3v) is 5.86. The van der Waals surface area contributed by atoms with Gasteiger partial charge in [-0.1, -0.05) is 53.7 Å². The molecule has 0 bridgehead atoms. The van der Waals surface area contributed by atoms with Crippen LogP contribution in [0.2, 0.25) is 0 Å². The lowest BCUT2D eigenvalue weighted by molar-refractivity contribution is -0.113. The maximum Gasteiger partial charge on any atom is 0.251 e. The summed E-state index contributed by atoms with van der Waals surface area (Å²) in [5.74, 6) is 0.505. The predicted octanol–water partition coefficient (Wildman–Crippen LogP) is 4.05. The summed E-state index contributed by atoms with van der Waals surface area (Å²) >= 11 is 1.29. The highest BCUT2D eigenvalue weighted by Gasteiger charge is 2.16. The lowest BCUT2D eigenvalue weighted by Gasteiger charge is -2.11. The summed E-state index contributed by atoms with van der Waals surface area (Å²) < 4.78 is 1.85. The molecule has 1 heterocycles. The van der Waals surface area contributed by atoms with E-state index in [1.54, 1.807) is 12.1 Å². The molecule has 0 aliphatic rings. The van der Waals surface area contributed by atoms with E-state index in [9.17, 15) is 9.59 Å². The molecule has 2 amide bonds. The number of rotatable bonds is 9. The van der Waals surface area contributed by atoms with Crippen LogP contribution in [-0.2, 0) is 17.9 Å². The Hall–Kier alpha value is -3.39. The van der Waals surface area contributed by atoms with Gasteiger partial charge in [0.05, 0.1) is 12.3 Å². The normalized spacial score (nSPS) is 10.6. The highest BCUT2D eigenvalue weighted by molar-refractivity contribution is 7.99. The summed E-state index contributed by atoms with van der Waals surface area (Å²) in [6.45, 7) is 10.4. The van der Waals surface area contributed by atoms with E-state index in [1.807, 2.05) is 61.7 Å². The quantitative estimate of drug-likeness (QED) is 0.380. The van der Waals surface area contributed by atoms with Gasteiger partial charge in [-0.25, -0.2) is 0 Å². The summed E-state index contributed by atoms with van der Waals surface area (Å²) in [6.07, 6.45) is 1.73.